The minimum atomic E-state index is -1.18. The molecule has 3 rings (SSSR count). The van der Waals surface area contributed by atoms with Gasteiger partial charge < -0.3 is 15.2 Å². The summed E-state index contributed by atoms with van der Waals surface area (Å²) in [5.41, 5.74) is 1.22. The number of benzene rings is 2. The van der Waals surface area contributed by atoms with Crippen LogP contribution in [0.3, 0.4) is 0 Å². The third-order valence-corrected chi connectivity index (χ3v) is 3.60. The van der Waals surface area contributed by atoms with Crippen LogP contribution in [0.4, 0.5) is 5.69 Å². The fourth-order valence-electron chi connectivity index (χ4n) is 2.31. The van der Waals surface area contributed by atoms with Crippen LogP contribution in [0.25, 0.3) is 0 Å². The third-order valence-electron chi connectivity index (χ3n) is 3.60. The molecule has 0 aliphatic rings. The van der Waals surface area contributed by atoms with E-state index in [0.717, 1.165) is 11.3 Å². The Balaban J connectivity index is 1.74. The van der Waals surface area contributed by atoms with Crippen molar-refractivity contribution in [1.82, 2.24) is 4.98 Å². The molecule has 6 heteroatoms. The zero-order valence-electron chi connectivity index (χ0n) is 13.8. The average molecular weight is 348 g/mol. The van der Waals surface area contributed by atoms with Crippen LogP contribution in [0, 0.1) is 0 Å². The molecule has 0 unspecified atom stereocenters. The number of rotatable bonds is 6. The molecule has 1 amide bonds. The molecule has 0 saturated heterocycles. The number of amides is 1. The zero-order valence-corrected chi connectivity index (χ0v) is 13.8. The van der Waals surface area contributed by atoms with Crippen molar-refractivity contribution in [2.75, 3.05) is 5.32 Å². The Morgan fingerprint density at radius 1 is 0.885 bits per heavy atom. The van der Waals surface area contributed by atoms with Gasteiger partial charge in [0.25, 0.3) is 5.91 Å². The van der Waals surface area contributed by atoms with Gasteiger partial charge in [0.05, 0.1) is 0 Å². The van der Waals surface area contributed by atoms with E-state index in [2.05, 4.69) is 10.3 Å². The number of aromatic carboxylic acids is 1. The number of nitrogens with zero attached hydrogens (tertiary/aromatic N) is 1. The predicted molar refractivity (Wildman–Crippen MR) is 96.4 cm³/mol. The van der Waals surface area contributed by atoms with Crippen molar-refractivity contribution in [1.29, 1.82) is 0 Å². The van der Waals surface area contributed by atoms with Crippen molar-refractivity contribution in [3.8, 4) is 5.75 Å². The highest BCUT2D eigenvalue weighted by molar-refractivity contribution is 6.03. The largest absolute Gasteiger partial charge is 0.489 e. The van der Waals surface area contributed by atoms with E-state index in [4.69, 9.17) is 9.84 Å². The number of carbonyl (C=O) groups excluding carboxylic acids is 1. The van der Waals surface area contributed by atoms with Crippen LogP contribution in [-0.2, 0) is 6.61 Å². The molecule has 130 valence electrons. The van der Waals surface area contributed by atoms with Gasteiger partial charge in [-0.05, 0) is 30.3 Å². The van der Waals surface area contributed by atoms with Crippen LogP contribution in [-0.4, -0.2) is 22.0 Å². The SMILES string of the molecule is O=C(O)c1cccc(C(=O)Nc2ccccc2COc2ccccc2)n1. The van der Waals surface area contributed by atoms with Gasteiger partial charge in [-0.15, -0.1) is 0 Å². The fraction of sp³-hybridized carbons (Fsp3) is 0.0500. The highest BCUT2D eigenvalue weighted by Gasteiger charge is 2.13. The van der Waals surface area contributed by atoms with E-state index in [1.165, 1.54) is 18.2 Å². The van der Waals surface area contributed by atoms with Gasteiger partial charge >= 0.3 is 5.97 Å². The second-order valence-electron chi connectivity index (χ2n) is 5.43. The molecule has 0 aliphatic heterocycles. The maximum absolute atomic E-state index is 12.4. The molecule has 0 bridgehead atoms. The Morgan fingerprint density at radius 3 is 2.35 bits per heavy atom. The van der Waals surface area contributed by atoms with E-state index in [1.54, 1.807) is 12.1 Å². The van der Waals surface area contributed by atoms with Gasteiger partial charge in [-0.25, -0.2) is 9.78 Å². The number of ether oxygens (including phenoxy) is 1. The van der Waals surface area contributed by atoms with E-state index in [9.17, 15) is 9.59 Å². The molecule has 0 radical (unpaired) electrons. The first-order valence-corrected chi connectivity index (χ1v) is 7.91. The van der Waals surface area contributed by atoms with E-state index in [1.807, 2.05) is 42.5 Å². The summed E-state index contributed by atoms with van der Waals surface area (Å²) in [6.07, 6.45) is 0. The number of anilines is 1. The molecule has 26 heavy (non-hydrogen) atoms. The summed E-state index contributed by atoms with van der Waals surface area (Å²) in [5.74, 6) is -0.943. The van der Waals surface area contributed by atoms with Crippen molar-refractivity contribution in [3.63, 3.8) is 0 Å². The van der Waals surface area contributed by atoms with Gasteiger partial charge in [0.1, 0.15) is 23.7 Å². The highest BCUT2D eigenvalue weighted by atomic mass is 16.5. The standard InChI is InChI=1S/C20H16N2O4/c23-19(17-11-6-12-18(21-17)20(24)25)22-16-10-5-4-7-14(16)13-26-15-8-2-1-3-9-15/h1-12H,13H2,(H,22,23)(H,24,25). The lowest BCUT2D eigenvalue weighted by Crippen LogP contribution is -2.16. The lowest BCUT2D eigenvalue weighted by molar-refractivity contribution is 0.0690. The van der Waals surface area contributed by atoms with Gasteiger partial charge in [0.15, 0.2) is 0 Å². The smallest absolute Gasteiger partial charge is 0.354 e. The molecule has 2 aromatic carbocycles. The predicted octanol–water partition coefficient (Wildman–Crippen LogP) is 3.61. The van der Waals surface area contributed by atoms with Crippen LogP contribution in [0.15, 0.2) is 72.8 Å². The van der Waals surface area contributed by atoms with E-state index in [0.29, 0.717) is 5.69 Å². The third kappa shape index (κ3) is 4.24. The molecule has 0 aliphatic carbocycles. The average Bonchev–Trinajstić information content (AvgIpc) is 2.68. The summed E-state index contributed by atoms with van der Waals surface area (Å²) in [6, 6.07) is 20.9. The molecular weight excluding hydrogens is 332 g/mol. The Kier molecular flexibility index (Phi) is 5.24. The molecular formula is C20H16N2O4. The number of nitrogens with one attached hydrogen (secondary N) is 1. The second-order valence-corrected chi connectivity index (χ2v) is 5.43. The summed E-state index contributed by atoms with van der Waals surface area (Å²) < 4.78 is 5.73. The lowest BCUT2D eigenvalue weighted by atomic mass is 10.2. The summed E-state index contributed by atoms with van der Waals surface area (Å²) in [7, 11) is 0. The van der Waals surface area contributed by atoms with Gasteiger partial charge in [-0.1, -0.05) is 42.5 Å². The molecule has 1 heterocycles. The van der Waals surface area contributed by atoms with Gasteiger partial charge in [0.2, 0.25) is 0 Å². The summed E-state index contributed by atoms with van der Waals surface area (Å²) >= 11 is 0. The van der Waals surface area contributed by atoms with E-state index in [-0.39, 0.29) is 18.0 Å². The molecule has 1 aromatic heterocycles. The Bertz CT molecular complexity index is 926. The maximum Gasteiger partial charge on any atom is 0.354 e. The normalized spacial score (nSPS) is 10.2. The van der Waals surface area contributed by atoms with Gasteiger partial charge in [-0.2, -0.15) is 0 Å². The number of pyridine rings is 1. The molecule has 2 N–H and O–H groups in total. The van der Waals surface area contributed by atoms with Crippen molar-refractivity contribution < 1.29 is 19.4 Å². The summed E-state index contributed by atoms with van der Waals surface area (Å²) in [5, 5.41) is 11.7. The molecule has 0 atom stereocenters. The van der Waals surface area contributed by atoms with Crippen molar-refractivity contribution >= 4 is 17.6 Å². The van der Waals surface area contributed by atoms with Crippen LogP contribution in [0.1, 0.15) is 26.5 Å². The van der Waals surface area contributed by atoms with Crippen LogP contribution >= 0.6 is 0 Å². The number of hydrogen-bond donors (Lipinski definition) is 2. The summed E-state index contributed by atoms with van der Waals surface area (Å²) in [6.45, 7) is 0.281. The van der Waals surface area contributed by atoms with Crippen molar-refractivity contribution in [2.45, 2.75) is 6.61 Å². The van der Waals surface area contributed by atoms with Gasteiger partial charge in [0, 0.05) is 11.3 Å². The molecule has 0 fully saturated rings. The Morgan fingerprint density at radius 2 is 1.58 bits per heavy atom. The summed E-state index contributed by atoms with van der Waals surface area (Å²) in [4.78, 5) is 27.3. The minimum absolute atomic E-state index is 0.0312. The maximum atomic E-state index is 12.4. The first kappa shape index (κ1) is 17.2. The zero-order chi connectivity index (χ0) is 18.4. The quantitative estimate of drug-likeness (QED) is 0.710. The van der Waals surface area contributed by atoms with Gasteiger partial charge in [-0.3, -0.25) is 4.79 Å². The monoisotopic (exact) mass is 348 g/mol. The number of carbonyl (C=O) groups is 2. The molecule has 6 nitrogen and oxygen atoms in total. The minimum Gasteiger partial charge on any atom is -0.489 e. The van der Waals surface area contributed by atoms with E-state index < -0.39 is 11.9 Å². The van der Waals surface area contributed by atoms with Crippen LogP contribution < -0.4 is 10.1 Å². The van der Waals surface area contributed by atoms with E-state index >= 15 is 0 Å². The molecule has 0 spiro atoms. The number of carboxylic acids is 1. The topological polar surface area (TPSA) is 88.5 Å². The first-order valence-electron chi connectivity index (χ1n) is 7.91. The van der Waals surface area contributed by atoms with Crippen molar-refractivity contribution in [2.24, 2.45) is 0 Å². The number of hydrogen-bond acceptors (Lipinski definition) is 4. The molecule has 0 saturated carbocycles. The number of para-hydroxylation sites is 2. The highest BCUT2D eigenvalue weighted by Crippen LogP contribution is 2.19. The molecule has 3 aromatic rings. The van der Waals surface area contributed by atoms with Crippen molar-refractivity contribution in [3.05, 3.63) is 89.7 Å². The fourth-order valence-corrected chi connectivity index (χ4v) is 2.31. The number of aromatic nitrogens is 1. The van der Waals surface area contributed by atoms with Crippen LogP contribution in [0.2, 0.25) is 0 Å². The second kappa shape index (κ2) is 7.94. The van der Waals surface area contributed by atoms with Crippen LogP contribution in [0.5, 0.6) is 5.75 Å². The Hall–Kier alpha value is -3.67. The lowest BCUT2D eigenvalue weighted by Gasteiger charge is -2.12. The Labute approximate surface area is 150 Å². The first-order chi connectivity index (χ1) is 12.6. The number of carboxylic acid groups (broad SMARTS) is 1.